The monoisotopic (exact) mass is 363 g/mol. The molecule has 0 bridgehead atoms. The number of carbonyl (C=O) groups is 1. The van der Waals surface area contributed by atoms with Gasteiger partial charge in [-0.1, -0.05) is 22.0 Å². The summed E-state index contributed by atoms with van der Waals surface area (Å²) in [6.45, 7) is 5.58. The molecule has 0 aliphatic carbocycles. The van der Waals surface area contributed by atoms with Crippen LogP contribution in [0.15, 0.2) is 34.8 Å². The van der Waals surface area contributed by atoms with Gasteiger partial charge in [-0.2, -0.15) is 0 Å². The second-order valence-electron chi connectivity index (χ2n) is 5.31. The third kappa shape index (κ3) is 3.78. The van der Waals surface area contributed by atoms with E-state index in [9.17, 15) is 4.79 Å². The Hall–Kier alpha value is -1.59. The van der Waals surface area contributed by atoms with Crippen LogP contribution < -0.4 is 10.6 Å². The number of aromatic nitrogens is 1. The Morgan fingerprint density at radius 2 is 2.00 bits per heavy atom. The molecular weight excluding hydrogens is 342 g/mol. The van der Waals surface area contributed by atoms with Gasteiger partial charge in [-0.3, -0.25) is 4.79 Å². The molecule has 2 aromatic rings. The highest BCUT2D eigenvalue weighted by Gasteiger charge is 2.16. The van der Waals surface area contributed by atoms with Crippen LogP contribution in [0.1, 0.15) is 28.2 Å². The van der Waals surface area contributed by atoms with Crippen LogP contribution in [-0.2, 0) is 0 Å². The van der Waals surface area contributed by atoms with Crippen molar-refractivity contribution in [1.82, 2.24) is 15.2 Å². The first-order valence-electron chi connectivity index (χ1n) is 7.42. The second kappa shape index (κ2) is 7.61. The zero-order valence-electron chi connectivity index (χ0n) is 13.2. The number of hydrogen-bond acceptors (Lipinski definition) is 2. The second-order valence-corrected chi connectivity index (χ2v) is 6.23. The lowest BCUT2D eigenvalue weighted by molar-refractivity contribution is 0.0952. The maximum atomic E-state index is 12.3. The highest BCUT2D eigenvalue weighted by molar-refractivity contribution is 9.10. The molecule has 118 valence electrons. The predicted molar refractivity (Wildman–Crippen MR) is 93.8 cm³/mol. The van der Waals surface area contributed by atoms with Crippen molar-refractivity contribution in [2.75, 3.05) is 20.1 Å². The summed E-state index contributed by atoms with van der Waals surface area (Å²) in [5.41, 5.74) is 3.80. The van der Waals surface area contributed by atoms with Crippen LogP contribution in [0.5, 0.6) is 0 Å². The average molecular weight is 364 g/mol. The highest BCUT2D eigenvalue weighted by atomic mass is 79.9. The van der Waals surface area contributed by atoms with Gasteiger partial charge in [0.15, 0.2) is 0 Å². The molecule has 5 heteroatoms. The maximum absolute atomic E-state index is 12.3. The number of nitrogens with one attached hydrogen (secondary N) is 2. The molecule has 0 aliphatic rings. The van der Waals surface area contributed by atoms with Crippen molar-refractivity contribution in [2.24, 2.45) is 0 Å². The largest absolute Gasteiger partial charge is 0.352 e. The topological polar surface area (TPSA) is 46.1 Å². The van der Waals surface area contributed by atoms with Crippen LogP contribution in [0, 0.1) is 13.8 Å². The fourth-order valence-corrected chi connectivity index (χ4v) is 2.95. The van der Waals surface area contributed by atoms with E-state index in [2.05, 4.69) is 37.2 Å². The molecule has 0 saturated carbocycles. The Balaban J connectivity index is 2.22. The van der Waals surface area contributed by atoms with Crippen molar-refractivity contribution in [3.05, 3.63) is 51.8 Å². The number of nitrogens with zero attached hydrogens (tertiary/aromatic N) is 1. The fraction of sp³-hybridized carbons (Fsp3) is 0.353. The van der Waals surface area contributed by atoms with E-state index in [1.54, 1.807) is 0 Å². The van der Waals surface area contributed by atoms with Crippen LogP contribution in [-0.4, -0.2) is 30.6 Å². The van der Waals surface area contributed by atoms with Crippen molar-refractivity contribution in [1.29, 1.82) is 0 Å². The number of benzene rings is 1. The SMILES string of the molecule is CNCCCNC(=O)c1cc(C)n(-c2cccc(Br)c2)c1C. The molecule has 0 aliphatic heterocycles. The summed E-state index contributed by atoms with van der Waals surface area (Å²) in [7, 11) is 1.91. The van der Waals surface area contributed by atoms with E-state index in [4.69, 9.17) is 0 Å². The molecule has 2 rings (SSSR count). The van der Waals surface area contributed by atoms with Crippen molar-refractivity contribution in [2.45, 2.75) is 20.3 Å². The van der Waals surface area contributed by atoms with Crippen molar-refractivity contribution < 1.29 is 4.79 Å². The Kier molecular flexibility index (Phi) is 5.80. The van der Waals surface area contributed by atoms with Crippen LogP contribution in [0.2, 0.25) is 0 Å². The minimum atomic E-state index is -0.00884. The number of carbonyl (C=O) groups excluding carboxylic acids is 1. The van der Waals surface area contributed by atoms with E-state index < -0.39 is 0 Å². The Morgan fingerprint density at radius 3 is 2.68 bits per heavy atom. The Morgan fingerprint density at radius 1 is 1.23 bits per heavy atom. The standard InChI is InChI=1S/C17H22BrN3O/c1-12-10-16(17(22)20-9-5-8-19-3)13(2)21(12)15-7-4-6-14(18)11-15/h4,6-7,10-11,19H,5,8-9H2,1-3H3,(H,20,22). The minimum absolute atomic E-state index is 0.00884. The molecule has 4 nitrogen and oxygen atoms in total. The summed E-state index contributed by atoms with van der Waals surface area (Å²) in [6.07, 6.45) is 0.923. The van der Waals surface area contributed by atoms with E-state index in [1.807, 2.05) is 45.2 Å². The quantitative estimate of drug-likeness (QED) is 0.774. The van der Waals surface area contributed by atoms with Gasteiger partial charge in [-0.25, -0.2) is 0 Å². The van der Waals surface area contributed by atoms with E-state index in [0.717, 1.165) is 40.1 Å². The smallest absolute Gasteiger partial charge is 0.253 e. The van der Waals surface area contributed by atoms with Gasteiger partial charge in [0.25, 0.3) is 5.91 Å². The first-order valence-corrected chi connectivity index (χ1v) is 8.21. The minimum Gasteiger partial charge on any atom is -0.352 e. The van der Waals surface area contributed by atoms with Crippen LogP contribution in [0.3, 0.4) is 0 Å². The number of hydrogen-bond donors (Lipinski definition) is 2. The Bertz CT molecular complexity index is 664. The molecule has 22 heavy (non-hydrogen) atoms. The summed E-state index contributed by atoms with van der Waals surface area (Å²) in [6, 6.07) is 10.0. The van der Waals surface area contributed by atoms with Gasteiger partial charge in [-0.15, -0.1) is 0 Å². The third-order valence-electron chi connectivity index (χ3n) is 3.63. The van der Waals surface area contributed by atoms with Crippen molar-refractivity contribution >= 4 is 21.8 Å². The lowest BCUT2D eigenvalue weighted by Crippen LogP contribution is -2.26. The highest BCUT2D eigenvalue weighted by Crippen LogP contribution is 2.23. The van der Waals surface area contributed by atoms with Gasteiger partial charge < -0.3 is 15.2 Å². The van der Waals surface area contributed by atoms with Gasteiger partial charge in [0.05, 0.1) is 5.56 Å². The van der Waals surface area contributed by atoms with Crippen LogP contribution in [0.25, 0.3) is 5.69 Å². The average Bonchev–Trinajstić information content (AvgIpc) is 2.78. The van der Waals surface area contributed by atoms with Crippen molar-refractivity contribution in [3.63, 3.8) is 0 Å². The van der Waals surface area contributed by atoms with Crippen LogP contribution >= 0.6 is 15.9 Å². The van der Waals surface area contributed by atoms with E-state index in [-0.39, 0.29) is 5.91 Å². The molecule has 0 saturated heterocycles. The summed E-state index contributed by atoms with van der Waals surface area (Å²) < 4.78 is 3.13. The molecule has 0 radical (unpaired) electrons. The van der Waals surface area contributed by atoms with Gasteiger partial charge >= 0.3 is 0 Å². The lowest BCUT2D eigenvalue weighted by atomic mass is 10.2. The summed E-state index contributed by atoms with van der Waals surface area (Å²) in [5, 5.41) is 6.05. The zero-order chi connectivity index (χ0) is 16.1. The third-order valence-corrected chi connectivity index (χ3v) is 4.12. The van der Waals surface area contributed by atoms with Gasteiger partial charge in [-0.05, 0) is 58.1 Å². The number of halogens is 1. The van der Waals surface area contributed by atoms with Gasteiger partial charge in [0.1, 0.15) is 0 Å². The summed E-state index contributed by atoms with van der Waals surface area (Å²) >= 11 is 3.49. The molecule has 2 N–H and O–H groups in total. The maximum Gasteiger partial charge on any atom is 0.253 e. The van der Waals surface area contributed by atoms with E-state index in [0.29, 0.717) is 6.54 Å². The molecule has 0 atom stereocenters. The van der Waals surface area contributed by atoms with Gasteiger partial charge in [0, 0.05) is 28.1 Å². The van der Waals surface area contributed by atoms with E-state index in [1.165, 1.54) is 0 Å². The summed E-state index contributed by atoms with van der Waals surface area (Å²) in [5.74, 6) is -0.00884. The number of amides is 1. The molecule has 0 fully saturated rings. The molecule has 0 spiro atoms. The lowest BCUT2D eigenvalue weighted by Gasteiger charge is -2.10. The molecule has 1 heterocycles. The zero-order valence-corrected chi connectivity index (χ0v) is 14.8. The van der Waals surface area contributed by atoms with Crippen molar-refractivity contribution in [3.8, 4) is 5.69 Å². The number of aryl methyl sites for hydroxylation is 1. The molecule has 1 aromatic heterocycles. The van der Waals surface area contributed by atoms with Gasteiger partial charge in [0.2, 0.25) is 0 Å². The van der Waals surface area contributed by atoms with E-state index >= 15 is 0 Å². The normalized spacial score (nSPS) is 10.7. The molecule has 1 amide bonds. The predicted octanol–water partition coefficient (Wildman–Crippen LogP) is 3.20. The van der Waals surface area contributed by atoms with Crippen LogP contribution in [0.4, 0.5) is 0 Å². The Labute approximate surface area is 140 Å². The molecule has 0 unspecified atom stereocenters. The molecular formula is C17H22BrN3O. The fourth-order valence-electron chi connectivity index (χ4n) is 2.57. The first-order chi connectivity index (χ1) is 10.5. The molecule has 1 aromatic carbocycles. The number of rotatable bonds is 6. The first kappa shape index (κ1) is 16.8. The summed E-state index contributed by atoms with van der Waals surface area (Å²) in [4.78, 5) is 12.3.